The normalized spacial score (nSPS) is 18.3. The largest absolute Gasteiger partial charge is 0.481 e. The van der Waals surface area contributed by atoms with Crippen molar-refractivity contribution in [1.29, 1.82) is 0 Å². The quantitative estimate of drug-likeness (QED) is 0.926. The van der Waals surface area contributed by atoms with Crippen LogP contribution in [0.3, 0.4) is 0 Å². The molecule has 0 radical (unpaired) electrons. The highest BCUT2D eigenvalue weighted by Crippen LogP contribution is 2.35. The molecule has 1 N–H and O–H groups in total. The second-order valence-corrected chi connectivity index (χ2v) is 5.94. The van der Waals surface area contributed by atoms with Gasteiger partial charge in [0.25, 0.3) is 5.91 Å². The molecular weight excluding hydrogens is 262 g/mol. The fourth-order valence-electron chi connectivity index (χ4n) is 2.61. The first-order valence-electron chi connectivity index (χ1n) is 6.55. The third-order valence-corrected chi connectivity index (χ3v) is 5.09. The van der Waals surface area contributed by atoms with E-state index in [1.807, 2.05) is 24.6 Å². The first-order chi connectivity index (χ1) is 9.00. The lowest BCUT2D eigenvalue weighted by Gasteiger charge is -2.38. The molecule has 1 aliphatic heterocycles. The van der Waals surface area contributed by atoms with E-state index >= 15 is 0 Å². The van der Waals surface area contributed by atoms with Gasteiger partial charge in [0.1, 0.15) is 0 Å². The van der Waals surface area contributed by atoms with Crippen LogP contribution < -0.4 is 0 Å². The lowest BCUT2D eigenvalue weighted by molar-refractivity contribution is -0.152. The lowest BCUT2D eigenvalue weighted by atomic mass is 9.76. The Morgan fingerprint density at radius 1 is 1.37 bits per heavy atom. The van der Waals surface area contributed by atoms with Crippen molar-refractivity contribution in [2.24, 2.45) is 5.41 Å². The molecule has 104 valence electrons. The van der Waals surface area contributed by atoms with Crippen LogP contribution in [0.1, 0.15) is 42.1 Å². The number of hydrogen-bond acceptors (Lipinski definition) is 3. The molecule has 1 amide bonds. The van der Waals surface area contributed by atoms with Gasteiger partial charge in [-0.3, -0.25) is 9.59 Å². The molecule has 0 saturated carbocycles. The third kappa shape index (κ3) is 2.52. The summed E-state index contributed by atoms with van der Waals surface area (Å²) in [6.07, 6.45) is 1.73. The standard InChI is InChI=1S/C14H19NO3S/c1-3-14(13(17)18)4-6-15(7-5-14)12(16)11-9-19-8-10(11)2/h8-9H,3-7H2,1-2H3,(H,17,18). The summed E-state index contributed by atoms with van der Waals surface area (Å²) < 4.78 is 0. The second-order valence-electron chi connectivity index (χ2n) is 5.20. The number of carbonyl (C=O) groups excluding carboxylic acids is 1. The van der Waals surface area contributed by atoms with Gasteiger partial charge in [-0.15, -0.1) is 0 Å². The summed E-state index contributed by atoms with van der Waals surface area (Å²) in [4.78, 5) is 25.5. The molecule has 1 fully saturated rings. The summed E-state index contributed by atoms with van der Waals surface area (Å²) in [6.45, 7) is 4.92. The number of carbonyl (C=O) groups is 2. The van der Waals surface area contributed by atoms with Crippen molar-refractivity contribution in [1.82, 2.24) is 4.90 Å². The number of likely N-dealkylation sites (tertiary alicyclic amines) is 1. The number of hydrogen-bond donors (Lipinski definition) is 1. The topological polar surface area (TPSA) is 57.6 Å². The van der Waals surface area contributed by atoms with Gasteiger partial charge >= 0.3 is 5.97 Å². The van der Waals surface area contributed by atoms with Gasteiger partial charge in [-0.05, 0) is 37.1 Å². The minimum atomic E-state index is -0.728. The molecule has 1 saturated heterocycles. The van der Waals surface area contributed by atoms with Gasteiger partial charge < -0.3 is 10.0 Å². The SMILES string of the molecule is CCC1(C(=O)O)CCN(C(=O)c2cscc2C)CC1. The smallest absolute Gasteiger partial charge is 0.309 e. The van der Waals surface area contributed by atoms with Gasteiger partial charge in [-0.1, -0.05) is 6.92 Å². The van der Waals surface area contributed by atoms with E-state index in [1.54, 1.807) is 4.90 Å². The molecule has 0 atom stereocenters. The molecular formula is C14H19NO3S. The zero-order valence-corrected chi connectivity index (χ0v) is 12.1. The van der Waals surface area contributed by atoms with Gasteiger partial charge in [-0.2, -0.15) is 11.3 Å². The van der Waals surface area contributed by atoms with Crippen LogP contribution >= 0.6 is 11.3 Å². The highest BCUT2D eigenvalue weighted by atomic mass is 32.1. The van der Waals surface area contributed by atoms with Crippen LogP contribution in [0.25, 0.3) is 0 Å². The fraction of sp³-hybridized carbons (Fsp3) is 0.571. The summed E-state index contributed by atoms with van der Waals surface area (Å²) in [7, 11) is 0. The average molecular weight is 281 g/mol. The zero-order valence-electron chi connectivity index (χ0n) is 11.3. The maximum absolute atomic E-state index is 12.3. The van der Waals surface area contributed by atoms with Crippen molar-refractivity contribution in [2.45, 2.75) is 33.1 Å². The average Bonchev–Trinajstić information content (AvgIpc) is 2.84. The molecule has 2 heterocycles. The van der Waals surface area contributed by atoms with Gasteiger partial charge in [0, 0.05) is 18.5 Å². The summed E-state index contributed by atoms with van der Waals surface area (Å²) in [5.74, 6) is -0.692. The van der Waals surface area contributed by atoms with Crippen LogP contribution in [0.2, 0.25) is 0 Å². The van der Waals surface area contributed by atoms with Gasteiger partial charge in [0.15, 0.2) is 0 Å². The number of carboxylic acids is 1. The number of amides is 1. The number of rotatable bonds is 3. The molecule has 0 bridgehead atoms. The fourth-order valence-corrected chi connectivity index (χ4v) is 3.43. The Kier molecular flexibility index (Phi) is 3.94. The Balaban J connectivity index is 2.06. The Morgan fingerprint density at radius 2 is 2.00 bits per heavy atom. The van der Waals surface area contributed by atoms with E-state index in [-0.39, 0.29) is 5.91 Å². The van der Waals surface area contributed by atoms with E-state index in [2.05, 4.69) is 0 Å². The molecule has 0 spiro atoms. The number of aliphatic carboxylic acids is 1. The highest BCUT2D eigenvalue weighted by Gasteiger charge is 2.41. The number of piperidine rings is 1. The van der Waals surface area contributed by atoms with E-state index in [4.69, 9.17) is 0 Å². The Morgan fingerprint density at radius 3 is 2.42 bits per heavy atom. The number of nitrogens with zero attached hydrogens (tertiary/aromatic N) is 1. The maximum Gasteiger partial charge on any atom is 0.309 e. The first-order valence-corrected chi connectivity index (χ1v) is 7.50. The molecule has 5 heteroatoms. The van der Waals surface area contributed by atoms with Gasteiger partial charge in [-0.25, -0.2) is 0 Å². The minimum absolute atomic E-state index is 0.0360. The van der Waals surface area contributed by atoms with Crippen molar-refractivity contribution in [3.05, 3.63) is 21.9 Å². The van der Waals surface area contributed by atoms with Crippen LogP contribution in [0, 0.1) is 12.3 Å². The lowest BCUT2D eigenvalue weighted by Crippen LogP contribution is -2.46. The summed E-state index contributed by atoms with van der Waals surface area (Å²) in [6, 6.07) is 0. The van der Waals surface area contributed by atoms with Crippen molar-refractivity contribution >= 4 is 23.2 Å². The monoisotopic (exact) mass is 281 g/mol. The molecule has 1 aromatic rings. The van der Waals surface area contributed by atoms with Crippen molar-refractivity contribution < 1.29 is 14.7 Å². The summed E-state index contributed by atoms with van der Waals surface area (Å²) >= 11 is 1.53. The number of aryl methyl sites for hydroxylation is 1. The van der Waals surface area contributed by atoms with Crippen LogP contribution in [-0.4, -0.2) is 35.0 Å². The predicted molar refractivity (Wildman–Crippen MR) is 74.6 cm³/mol. The molecule has 1 aliphatic rings. The molecule has 2 rings (SSSR count). The Labute approximate surface area is 117 Å². The molecule has 19 heavy (non-hydrogen) atoms. The molecule has 1 aromatic heterocycles. The Hall–Kier alpha value is -1.36. The van der Waals surface area contributed by atoms with Crippen molar-refractivity contribution in [2.75, 3.05) is 13.1 Å². The van der Waals surface area contributed by atoms with Gasteiger partial charge in [0.2, 0.25) is 0 Å². The third-order valence-electron chi connectivity index (χ3n) is 4.22. The highest BCUT2D eigenvalue weighted by molar-refractivity contribution is 7.08. The van der Waals surface area contributed by atoms with Crippen molar-refractivity contribution in [3.8, 4) is 0 Å². The first kappa shape index (κ1) is 14.1. The van der Waals surface area contributed by atoms with E-state index in [9.17, 15) is 14.7 Å². The van der Waals surface area contributed by atoms with E-state index in [0.717, 1.165) is 11.1 Å². The second kappa shape index (κ2) is 5.33. The van der Waals surface area contributed by atoms with Crippen LogP contribution in [0.15, 0.2) is 10.8 Å². The predicted octanol–water partition coefficient (Wildman–Crippen LogP) is 2.77. The Bertz CT molecular complexity index is 487. The van der Waals surface area contributed by atoms with E-state index < -0.39 is 11.4 Å². The molecule has 0 aliphatic carbocycles. The maximum atomic E-state index is 12.3. The minimum Gasteiger partial charge on any atom is -0.481 e. The van der Waals surface area contributed by atoms with Crippen LogP contribution in [0.5, 0.6) is 0 Å². The summed E-state index contributed by atoms with van der Waals surface area (Å²) in [5, 5.41) is 13.2. The molecule has 0 aromatic carbocycles. The molecule has 0 unspecified atom stereocenters. The van der Waals surface area contributed by atoms with E-state index in [0.29, 0.717) is 32.4 Å². The van der Waals surface area contributed by atoms with Gasteiger partial charge in [0.05, 0.1) is 11.0 Å². The zero-order chi connectivity index (χ0) is 14.0. The summed E-state index contributed by atoms with van der Waals surface area (Å²) in [5.41, 5.74) is 1.12. The van der Waals surface area contributed by atoms with E-state index in [1.165, 1.54) is 11.3 Å². The van der Waals surface area contributed by atoms with Crippen LogP contribution in [-0.2, 0) is 4.79 Å². The van der Waals surface area contributed by atoms with Crippen molar-refractivity contribution in [3.63, 3.8) is 0 Å². The molecule has 4 nitrogen and oxygen atoms in total. The number of carboxylic acid groups (broad SMARTS) is 1. The van der Waals surface area contributed by atoms with Crippen LogP contribution in [0.4, 0.5) is 0 Å². The number of thiophene rings is 1.